The van der Waals surface area contributed by atoms with Crippen molar-refractivity contribution >= 4 is 5.82 Å². The third-order valence-electron chi connectivity index (χ3n) is 1.78. The molecule has 2 heterocycles. The van der Waals surface area contributed by atoms with E-state index in [9.17, 15) is 0 Å². The van der Waals surface area contributed by atoms with Crippen LogP contribution in [-0.2, 0) is 13.6 Å². The van der Waals surface area contributed by atoms with Gasteiger partial charge in [0.1, 0.15) is 5.82 Å². The zero-order valence-corrected chi connectivity index (χ0v) is 7.38. The molecule has 0 aliphatic carbocycles. The van der Waals surface area contributed by atoms with Gasteiger partial charge in [-0.1, -0.05) is 0 Å². The normalized spacial score (nSPS) is 10.5. The maximum atomic E-state index is 5.48. The van der Waals surface area contributed by atoms with Gasteiger partial charge in [0.25, 0.3) is 0 Å². The van der Waals surface area contributed by atoms with Crippen LogP contribution in [-0.4, -0.2) is 19.3 Å². The van der Waals surface area contributed by atoms with Crippen LogP contribution in [0, 0.1) is 0 Å². The van der Waals surface area contributed by atoms with Gasteiger partial charge < -0.3 is 10.3 Å². The van der Waals surface area contributed by atoms with Crippen LogP contribution in [0.3, 0.4) is 0 Å². The highest BCUT2D eigenvalue weighted by Crippen LogP contribution is 2.02. The molecule has 2 aromatic rings. The SMILES string of the molecule is Cn1cc(Cn2cnc(N)c2)cn1. The Morgan fingerprint density at radius 1 is 1.46 bits per heavy atom. The van der Waals surface area contributed by atoms with Gasteiger partial charge in [0, 0.05) is 25.0 Å². The molecule has 0 atom stereocenters. The second kappa shape index (κ2) is 2.93. The van der Waals surface area contributed by atoms with Crippen molar-refractivity contribution in [1.82, 2.24) is 19.3 Å². The molecule has 0 bridgehead atoms. The summed E-state index contributed by atoms with van der Waals surface area (Å²) in [6, 6.07) is 0. The maximum Gasteiger partial charge on any atom is 0.141 e. The lowest BCUT2D eigenvalue weighted by atomic mass is 10.3. The fourth-order valence-electron chi connectivity index (χ4n) is 1.23. The van der Waals surface area contributed by atoms with Crippen molar-refractivity contribution in [2.75, 3.05) is 5.73 Å². The van der Waals surface area contributed by atoms with Gasteiger partial charge in [-0.25, -0.2) is 4.98 Å². The van der Waals surface area contributed by atoms with E-state index in [4.69, 9.17) is 5.73 Å². The fraction of sp³-hybridized carbons (Fsp3) is 0.250. The highest BCUT2D eigenvalue weighted by atomic mass is 15.2. The third-order valence-corrected chi connectivity index (χ3v) is 1.78. The first kappa shape index (κ1) is 7.85. The maximum absolute atomic E-state index is 5.48. The summed E-state index contributed by atoms with van der Waals surface area (Å²) in [7, 11) is 1.89. The summed E-state index contributed by atoms with van der Waals surface area (Å²) < 4.78 is 3.70. The summed E-state index contributed by atoms with van der Waals surface area (Å²) in [6.45, 7) is 0.762. The summed E-state index contributed by atoms with van der Waals surface area (Å²) in [5.41, 5.74) is 6.62. The Labute approximate surface area is 75.8 Å². The molecular weight excluding hydrogens is 166 g/mol. The number of hydrogen-bond donors (Lipinski definition) is 1. The smallest absolute Gasteiger partial charge is 0.141 e. The molecule has 13 heavy (non-hydrogen) atoms. The standard InChI is InChI=1S/C8H11N5/c1-12-3-7(2-11-12)4-13-5-8(9)10-6-13/h2-3,5-6H,4,9H2,1H3. The summed E-state index contributed by atoms with van der Waals surface area (Å²) in [6.07, 6.45) is 7.31. The highest BCUT2D eigenvalue weighted by Gasteiger charge is 1.98. The monoisotopic (exact) mass is 177 g/mol. The number of hydrogen-bond acceptors (Lipinski definition) is 3. The molecule has 0 saturated carbocycles. The van der Waals surface area contributed by atoms with Crippen LogP contribution in [0.5, 0.6) is 0 Å². The number of rotatable bonds is 2. The van der Waals surface area contributed by atoms with E-state index < -0.39 is 0 Å². The summed E-state index contributed by atoms with van der Waals surface area (Å²) in [5.74, 6) is 0.545. The van der Waals surface area contributed by atoms with Gasteiger partial charge in [0.15, 0.2) is 0 Å². The molecule has 2 aromatic heterocycles. The van der Waals surface area contributed by atoms with Crippen LogP contribution < -0.4 is 5.73 Å². The number of nitrogen functional groups attached to an aromatic ring is 1. The number of imidazole rings is 1. The average molecular weight is 177 g/mol. The van der Waals surface area contributed by atoms with E-state index in [0.29, 0.717) is 5.82 Å². The lowest BCUT2D eigenvalue weighted by Gasteiger charge is -1.96. The van der Waals surface area contributed by atoms with E-state index in [1.807, 2.05) is 24.0 Å². The molecule has 2 rings (SSSR count). The van der Waals surface area contributed by atoms with Crippen molar-refractivity contribution in [2.45, 2.75) is 6.54 Å². The van der Waals surface area contributed by atoms with E-state index in [1.54, 1.807) is 17.2 Å². The summed E-state index contributed by atoms with van der Waals surface area (Å²) in [4.78, 5) is 3.93. The molecule has 5 nitrogen and oxygen atoms in total. The third kappa shape index (κ3) is 1.69. The lowest BCUT2D eigenvalue weighted by molar-refractivity contribution is 0.762. The van der Waals surface area contributed by atoms with E-state index >= 15 is 0 Å². The zero-order chi connectivity index (χ0) is 9.26. The van der Waals surface area contributed by atoms with Crippen molar-refractivity contribution in [3.8, 4) is 0 Å². The number of aromatic nitrogens is 4. The quantitative estimate of drug-likeness (QED) is 0.715. The van der Waals surface area contributed by atoms with Gasteiger partial charge in [-0.3, -0.25) is 4.68 Å². The van der Waals surface area contributed by atoms with E-state index in [-0.39, 0.29) is 0 Å². The van der Waals surface area contributed by atoms with Gasteiger partial charge in [0.05, 0.1) is 19.1 Å². The molecule has 0 spiro atoms. The highest BCUT2D eigenvalue weighted by molar-refractivity contribution is 5.23. The van der Waals surface area contributed by atoms with Crippen LogP contribution in [0.15, 0.2) is 24.9 Å². The average Bonchev–Trinajstić information content (AvgIpc) is 2.62. The molecule has 5 heteroatoms. The predicted octanol–water partition coefficient (Wildman–Crippen LogP) is 0.247. The molecule has 0 amide bonds. The molecule has 0 radical (unpaired) electrons. The van der Waals surface area contributed by atoms with Crippen molar-refractivity contribution < 1.29 is 0 Å². The lowest BCUT2D eigenvalue weighted by Crippen LogP contribution is -1.94. The second-order valence-corrected chi connectivity index (χ2v) is 2.99. The molecule has 0 saturated heterocycles. The Kier molecular flexibility index (Phi) is 1.77. The van der Waals surface area contributed by atoms with Gasteiger partial charge in [-0.05, 0) is 0 Å². The van der Waals surface area contributed by atoms with E-state index in [1.165, 1.54) is 0 Å². The van der Waals surface area contributed by atoms with E-state index in [0.717, 1.165) is 12.1 Å². The Hall–Kier alpha value is -1.78. The Balaban J connectivity index is 2.14. The van der Waals surface area contributed by atoms with Crippen LogP contribution >= 0.6 is 0 Å². The molecule has 2 N–H and O–H groups in total. The molecule has 0 aliphatic heterocycles. The van der Waals surface area contributed by atoms with Crippen molar-refractivity contribution in [2.24, 2.45) is 7.05 Å². The molecule has 0 aliphatic rings. The Bertz CT molecular complexity index is 362. The van der Waals surface area contributed by atoms with Crippen LogP contribution in [0.4, 0.5) is 5.82 Å². The van der Waals surface area contributed by atoms with Crippen LogP contribution in [0.1, 0.15) is 5.56 Å². The van der Waals surface area contributed by atoms with Gasteiger partial charge in [-0.15, -0.1) is 0 Å². The second-order valence-electron chi connectivity index (χ2n) is 2.99. The molecule has 0 fully saturated rings. The fourth-order valence-corrected chi connectivity index (χ4v) is 1.23. The van der Waals surface area contributed by atoms with E-state index in [2.05, 4.69) is 10.1 Å². The minimum absolute atomic E-state index is 0.545. The van der Waals surface area contributed by atoms with Crippen molar-refractivity contribution in [1.29, 1.82) is 0 Å². The van der Waals surface area contributed by atoms with Gasteiger partial charge >= 0.3 is 0 Å². The first-order chi connectivity index (χ1) is 6.24. The predicted molar refractivity (Wildman–Crippen MR) is 48.9 cm³/mol. The largest absolute Gasteiger partial charge is 0.382 e. The number of nitrogens with zero attached hydrogens (tertiary/aromatic N) is 4. The first-order valence-electron chi connectivity index (χ1n) is 3.99. The molecule has 0 aromatic carbocycles. The van der Waals surface area contributed by atoms with Crippen LogP contribution in [0.2, 0.25) is 0 Å². The molecule has 68 valence electrons. The van der Waals surface area contributed by atoms with Gasteiger partial charge in [-0.2, -0.15) is 5.10 Å². The number of aryl methyl sites for hydroxylation is 1. The molecule has 0 unspecified atom stereocenters. The minimum Gasteiger partial charge on any atom is -0.382 e. The van der Waals surface area contributed by atoms with Crippen LogP contribution in [0.25, 0.3) is 0 Å². The van der Waals surface area contributed by atoms with Crippen molar-refractivity contribution in [3.05, 3.63) is 30.5 Å². The Morgan fingerprint density at radius 3 is 2.85 bits per heavy atom. The molecular formula is C8H11N5. The zero-order valence-electron chi connectivity index (χ0n) is 7.38. The number of nitrogens with two attached hydrogens (primary N) is 1. The van der Waals surface area contributed by atoms with Gasteiger partial charge in [0.2, 0.25) is 0 Å². The summed E-state index contributed by atoms with van der Waals surface area (Å²) >= 11 is 0. The minimum atomic E-state index is 0.545. The number of anilines is 1. The summed E-state index contributed by atoms with van der Waals surface area (Å²) in [5, 5.41) is 4.07. The Morgan fingerprint density at radius 2 is 2.31 bits per heavy atom. The topological polar surface area (TPSA) is 61.7 Å². The first-order valence-corrected chi connectivity index (χ1v) is 3.99. The van der Waals surface area contributed by atoms with Crippen molar-refractivity contribution in [3.63, 3.8) is 0 Å².